The topological polar surface area (TPSA) is 34.1 Å². The molecule has 3 nitrogen and oxygen atoms in total. The van der Waals surface area contributed by atoms with Crippen LogP contribution < -0.4 is 10.1 Å². The molecule has 0 aliphatic carbocycles. The van der Waals surface area contributed by atoms with Gasteiger partial charge in [0, 0.05) is 22.8 Å². The molecule has 1 fully saturated rings. The largest absolute Gasteiger partial charge is 0.490 e. The highest BCUT2D eigenvalue weighted by molar-refractivity contribution is 6.30. The fraction of sp³-hybridized carbons (Fsp3) is 0.312. The average Bonchev–Trinajstić information content (AvgIpc) is 3.00. The van der Waals surface area contributed by atoms with Crippen molar-refractivity contribution in [2.24, 2.45) is 0 Å². The van der Waals surface area contributed by atoms with Crippen LogP contribution in [0.3, 0.4) is 0 Å². The van der Waals surface area contributed by atoms with Gasteiger partial charge in [-0.05, 0) is 43.1 Å². The van der Waals surface area contributed by atoms with Gasteiger partial charge in [0.1, 0.15) is 12.4 Å². The summed E-state index contributed by atoms with van der Waals surface area (Å²) < 4.78 is 5.82. The highest BCUT2D eigenvalue weighted by atomic mass is 35.5. The van der Waals surface area contributed by atoms with Crippen LogP contribution >= 0.6 is 36.4 Å². The Hall–Kier alpha value is -1.00. The van der Waals surface area contributed by atoms with Gasteiger partial charge in [0.15, 0.2) is 0 Å². The molecule has 120 valence electrons. The maximum Gasteiger partial charge on any atom is 0.138 e. The molecule has 0 spiro atoms. The predicted molar refractivity (Wildman–Crippen MR) is 95.7 cm³/mol. The molecule has 3 rings (SSSR count). The molecule has 0 bridgehead atoms. The maximum atomic E-state index is 5.91. The van der Waals surface area contributed by atoms with Gasteiger partial charge in [0.25, 0.3) is 0 Å². The highest BCUT2D eigenvalue weighted by Crippen LogP contribution is 2.24. The molecular formula is C16H19Cl3N2O. The SMILES string of the molecule is Cl.Cl.Clc1ccc(-c2cncc(OC[C@H]3CCCN3)c2)cc1. The Morgan fingerprint density at radius 3 is 2.59 bits per heavy atom. The van der Waals surface area contributed by atoms with Crippen molar-refractivity contribution < 1.29 is 4.74 Å². The van der Waals surface area contributed by atoms with E-state index in [1.807, 2.05) is 36.5 Å². The molecule has 1 aromatic heterocycles. The van der Waals surface area contributed by atoms with Gasteiger partial charge in [-0.1, -0.05) is 23.7 Å². The number of halogens is 3. The fourth-order valence-electron chi connectivity index (χ4n) is 2.39. The standard InChI is InChI=1S/C16H17ClN2O.2ClH/c17-14-5-3-12(4-6-14)13-8-16(10-18-9-13)20-11-15-2-1-7-19-15;;/h3-6,8-10,15,19H,1-2,7,11H2;2*1H/t15-;;/m1../s1. The van der Waals surface area contributed by atoms with E-state index in [4.69, 9.17) is 16.3 Å². The van der Waals surface area contributed by atoms with E-state index in [0.717, 1.165) is 28.4 Å². The minimum atomic E-state index is 0. The van der Waals surface area contributed by atoms with Crippen LogP contribution in [0.2, 0.25) is 5.02 Å². The predicted octanol–water partition coefficient (Wildman–Crippen LogP) is 4.38. The van der Waals surface area contributed by atoms with Gasteiger partial charge in [-0.2, -0.15) is 0 Å². The van der Waals surface area contributed by atoms with Crippen LogP contribution in [0, 0.1) is 0 Å². The molecule has 1 N–H and O–H groups in total. The molecule has 0 saturated carbocycles. The minimum Gasteiger partial charge on any atom is -0.490 e. The van der Waals surface area contributed by atoms with Crippen molar-refractivity contribution in [3.8, 4) is 16.9 Å². The third-order valence-electron chi connectivity index (χ3n) is 3.50. The molecule has 0 radical (unpaired) electrons. The Morgan fingerprint density at radius 2 is 1.91 bits per heavy atom. The lowest BCUT2D eigenvalue weighted by molar-refractivity contribution is 0.276. The minimum absolute atomic E-state index is 0. The van der Waals surface area contributed by atoms with E-state index < -0.39 is 0 Å². The zero-order chi connectivity index (χ0) is 13.8. The van der Waals surface area contributed by atoms with Crippen LogP contribution in [-0.2, 0) is 0 Å². The molecule has 1 atom stereocenters. The van der Waals surface area contributed by atoms with Gasteiger partial charge in [-0.15, -0.1) is 24.8 Å². The Kier molecular flexibility index (Phi) is 7.97. The van der Waals surface area contributed by atoms with Gasteiger partial charge < -0.3 is 10.1 Å². The molecule has 1 aromatic carbocycles. The summed E-state index contributed by atoms with van der Waals surface area (Å²) in [6.45, 7) is 1.79. The van der Waals surface area contributed by atoms with Crippen LogP contribution in [-0.4, -0.2) is 24.2 Å². The van der Waals surface area contributed by atoms with E-state index in [2.05, 4.69) is 10.3 Å². The fourth-order valence-corrected chi connectivity index (χ4v) is 2.52. The molecule has 2 heterocycles. The van der Waals surface area contributed by atoms with Gasteiger partial charge in [0.2, 0.25) is 0 Å². The third kappa shape index (κ3) is 5.03. The summed E-state index contributed by atoms with van der Waals surface area (Å²) in [6.07, 6.45) is 6.01. The first kappa shape index (κ1) is 19.0. The first-order valence-electron chi connectivity index (χ1n) is 6.88. The molecular weight excluding hydrogens is 343 g/mol. The van der Waals surface area contributed by atoms with Crippen molar-refractivity contribution in [3.63, 3.8) is 0 Å². The number of rotatable bonds is 4. The lowest BCUT2D eigenvalue weighted by Gasteiger charge is -2.12. The molecule has 0 unspecified atom stereocenters. The Balaban J connectivity index is 0.00000121. The number of pyridine rings is 1. The van der Waals surface area contributed by atoms with Gasteiger partial charge in [-0.25, -0.2) is 0 Å². The Morgan fingerprint density at radius 1 is 1.14 bits per heavy atom. The molecule has 1 aliphatic rings. The second kappa shape index (κ2) is 9.21. The Labute approximate surface area is 148 Å². The number of nitrogens with one attached hydrogen (secondary N) is 1. The van der Waals surface area contributed by atoms with Crippen molar-refractivity contribution in [1.82, 2.24) is 10.3 Å². The normalized spacial score (nSPS) is 16.5. The first-order chi connectivity index (χ1) is 9.81. The quantitative estimate of drug-likeness (QED) is 0.877. The summed E-state index contributed by atoms with van der Waals surface area (Å²) >= 11 is 5.91. The average molecular weight is 362 g/mol. The summed E-state index contributed by atoms with van der Waals surface area (Å²) in [7, 11) is 0. The lowest BCUT2D eigenvalue weighted by atomic mass is 10.1. The summed E-state index contributed by atoms with van der Waals surface area (Å²) in [5.74, 6) is 0.811. The summed E-state index contributed by atoms with van der Waals surface area (Å²) in [6, 6.07) is 10.2. The molecule has 0 amide bonds. The van der Waals surface area contributed by atoms with Crippen molar-refractivity contribution in [3.05, 3.63) is 47.7 Å². The van der Waals surface area contributed by atoms with E-state index in [9.17, 15) is 0 Å². The van der Waals surface area contributed by atoms with Gasteiger partial charge in [-0.3, -0.25) is 4.98 Å². The van der Waals surface area contributed by atoms with Gasteiger partial charge >= 0.3 is 0 Å². The van der Waals surface area contributed by atoms with Crippen LogP contribution in [0.15, 0.2) is 42.7 Å². The van der Waals surface area contributed by atoms with Crippen molar-refractivity contribution in [2.45, 2.75) is 18.9 Å². The van der Waals surface area contributed by atoms with Crippen LogP contribution in [0.1, 0.15) is 12.8 Å². The number of ether oxygens (including phenoxy) is 1. The molecule has 1 saturated heterocycles. The van der Waals surface area contributed by atoms with Crippen LogP contribution in [0.5, 0.6) is 5.75 Å². The number of hydrogen-bond donors (Lipinski definition) is 1. The maximum absolute atomic E-state index is 5.91. The summed E-state index contributed by atoms with van der Waals surface area (Å²) in [5, 5.41) is 4.16. The van der Waals surface area contributed by atoms with Crippen molar-refractivity contribution >= 4 is 36.4 Å². The van der Waals surface area contributed by atoms with Crippen molar-refractivity contribution in [2.75, 3.05) is 13.2 Å². The van der Waals surface area contributed by atoms with E-state index in [1.165, 1.54) is 12.8 Å². The van der Waals surface area contributed by atoms with Gasteiger partial charge in [0.05, 0.1) is 6.20 Å². The zero-order valence-electron chi connectivity index (χ0n) is 12.0. The molecule has 6 heteroatoms. The molecule has 1 aliphatic heterocycles. The van der Waals surface area contributed by atoms with Crippen LogP contribution in [0.4, 0.5) is 0 Å². The number of aromatic nitrogens is 1. The lowest BCUT2D eigenvalue weighted by Crippen LogP contribution is -2.28. The Bertz CT molecular complexity index is 572. The number of benzene rings is 1. The molecule has 22 heavy (non-hydrogen) atoms. The number of nitrogens with zero attached hydrogens (tertiary/aromatic N) is 1. The molecule has 2 aromatic rings. The summed E-state index contributed by atoms with van der Waals surface area (Å²) in [5.41, 5.74) is 2.13. The second-order valence-corrected chi connectivity index (χ2v) is 5.46. The van der Waals surface area contributed by atoms with E-state index in [1.54, 1.807) is 6.20 Å². The summed E-state index contributed by atoms with van der Waals surface area (Å²) in [4.78, 5) is 4.25. The third-order valence-corrected chi connectivity index (χ3v) is 3.76. The second-order valence-electron chi connectivity index (χ2n) is 5.02. The first-order valence-corrected chi connectivity index (χ1v) is 7.26. The van der Waals surface area contributed by atoms with E-state index in [0.29, 0.717) is 12.6 Å². The zero-order valence-corrected chi connectivity index (χ0v) is 14.4. The number of hydrogen-bond acceptors (Lipinski definition) is 3. The van der Waals surface area contributed by atoms with E-state index >= 15 is 0 Å². The van der Waals surface area contributed by atoms with Crippen LogP contribution in [0.25, 0.3) is 11.1 Å². The highest BCUT2D eigenvalue weighted by Gasteiger charge is 2.14. The van der Waals surface area contributed by atoms with Crippen molar-refractivity contribution in [1.29, 1.82) is 0 Å². The monoisotopic (exact) mass is 360 g/mol. The van der Waals surface area contributed by atoms with E-state index in [-0.39, 0.29) is 24.8 Å². The smallest absolute Gasteiger partial charge is 0.138 e.